The number of amides is 1. The average Bonchev–Trinajstić information content (AvgIpc) is 2.67. The molecule has 0 aromatic carbocycles. The lowest BCUT2D eigenvalue weighted by molar-refractivity contribution is -0.120. The first-order valence-electron chi connectivity index (χ1n) is 4.28. The summed E-state index contributed by atoms with van der Waals surface area (Å²) >= 11 is 1.57. The minimum atomic E-state index is -0.0191. The van der Waals surface area contributed by atoms with Crippen molar-refractivity contribution in [2.24, 2.45) is 0 Å². The zero-order valence-electron chi connectivity index (χ0n) is 7.82. The van der Waals surface area contributed by atoms with Crippen LogP contribution in [0.25, 0.3) is 0 Å². The van der Waals surface area contributed by atoms with Gasteiger partial charge in [0.2, 0.25) is 5.91 Å². The van der Waals surface area contributed by atoms with Gasteiger partial charge in [0, 0.05) is 24.2 Å². The molecule has 1 aromatic rings. The highest BCUT2D eigenvalue weighted by atomic mass is 32.1. The molecule has 0 bridgehead atoms. The number of carbonyl (C=O) groups is 1. The van der Waals surface area contributed by atoms with Crippen molar-refractivity contribution >= 4 is 17.2 Å². The predicted octanol–water partition coefficient (Wildman–Crippen LogP) is 0.535. The first kappa shape index (κ1) is 10.9. The molecule has 5 heteroatoms. The van der Waals surface area contributed by atoms with Crippen molar-refractivity contribution < 1.29 is 4.79 Å². The predicted molar refractivity (Wildman–Crippen MR) is 57.0 cm³/mol. The first-order valence-corrected chi connectivity index (χ1v) is 5.16. The highest BCUT2D eigenvalue weighted by molar-refractivity contribution is 7.09. The molecule has 0 saturated carbocycles. The Labute approximate surface area is 87.1 Å². The van der Waals surface area contributed by atoms with Crippen LogP contribution < -0.4 is 10.6 Å². The van der Waals surface area contributed by atoms with E-state index in [-0.39, 0.29) is 5.91 Å². The third-order valence-electron chi connectivity index (χ3n) is 1.51. The molecule has 0 aliphatic carbocycles. The maximum absolute atomic E-state index is 11.1. The molecule has 76 valence electrons. The van der Waals surface area contributed by atoms with Gasteiger partial charge < -0.3 is 10.6 Å². The largest absolute Gasteiger partial charge is 0.352 e. The van der Waals surface area contributed by atoms with Crippen LogP contribution in [0, 0.1) is 0 Å². The van der Waals surface area contributed by atoms with Gasteiger partial charge in [0.15, 0.2) is 0 Å². The van der Waals surface area contributed by atoms with Gasteiger partial charge in [0.1, 0.15) is 0 Å². The summed E-state index contributed by atoms with van der Waals surface area (Å²) in [6.45, 7) is 5.04. The van der Waals surface area contributed by atoms with Crippen molar-refractivity contribution in [1.82, 2.24) is 15.6 Å². The molecule has 0 spiro atoms. The second-order valence-electron chi connectivity index (χ2n) is 2.66. The van der Waals surface area contributed by atoms with Crippen LogP contribution in [0.3, 0.4) is 0 Å². The number of aromatic nitrogens is 1. The Bertz CT molecular complexity index is 284. The lowest BCUT2D eigenvalue weighted by Gasteiger charge is -2.02. The van der Waals surface area contributed by atoms with Crippen LogP contribution in [0.2, 0.25) is 0 Å². The molecule has 14 heavy (non-hydrogen) atoms. The molecule has 0 atom stereocenters. The number of hydrogen-bond donors (Lipinski definition) is 2. The van der Waals surface area contributed by atoms with E-state index in [0.29, 0.717) is 19.6 Å². The third kappa shape index (κ3) is 4.15. The van der Waals surface area contributed by atoms with Gasteiger partial charge in [0.25, 0.3) is 0 Å². The van der Waals surface area contributed by atoms with E-state index in [1.165, 1.54) is 0 Å². The van der Waals surface area contributed by atoms with Gasteiger partial charge in [-0.1, -0.05) is 6.08 Å². The minimum absolute atomic E-state index is 0.0191. The second-order valence-corrected chi connectivity index (χ2v) is 3.63. The van der Waals surface area contributed by atoms with Gasteiger partial charge in [-0.15, -0.1) is 17.9 Å². The van der Waals surface area contributed by atoms with E-state index < -0.39 is 0 Å². The van der Waals surface area contributed by atoms with Crippen molar-refractivity contribution in [3.05, 3.63) is 29.2 Å². The number of nitrogens with one attached hydrogen (secondary N) is 2. The molecule has 0 unspecified atom stereocenters. The first-order chi connectivity index (χ1) is 6.83. The summed E-state index contributed by atoms with van der Waals surface area (Å²) in [5.74, 6) is -0.0191. The molecule has 4 nitrogen and oxygen atoms in total. The second kappa shape index (κ2) is 6.28. The van der Waals surface area contributed by atoms with E-state index in [0.717, 1.165) is 4.88 Å². The number of hydrogen-bond acceptors (Lipinski definition) is 4. The summed E-state index contributed by atoms with van der Waals surface area (Å²) < 4.78 is 0. The van der Waals surface area contributed by atoms with E-state index in [9.17, 15) is 4.79 Å². The summed E-state index contributed by atoms with van der Waals surface area (Å²) in [7, 11) is 0. The lowest BCUT2D eigenvalue weighted by Crippen LogP contribution is -2.33. The number of rotatable bonds is 6. The van der Waals surface area contributed by atoms with Gasteiger partial charge in [0.05, 0.1) is 12.1 Å². The molecule has 1 aromatic heterocycles. The Morgan fingerprint density at radius 3 is 3.21 bits per heavy atom. The fraction of sp³-hybridized carbons (Fsp3) is 0.333. The van der Waals surface area contributed by atoms with Crippen LogP contribution in [0.5, 0.6) is 0 Å². The van der Waals surface area contributed by atoms with Crippen molar-refractivity contribution in [3.63, 3.8) is 0 Å². The van der Waals surface area contributed by atoms with Gasteiger partial charge in [-0.05, 0) is 0 Å². The normalized spacial score (nSPS) is 9.71. The summed E-state index contributed by atoms with van der Waals surface area (Å²) in [6.07, 6.45) is 3.44. The summed E-state index contributed by atoms with van der Waals surface area (Å²) in [4.78, 5) is 16.2. The van der Waals surface area contributed by atoms with E-state index in [2.05, 4.69) is 22.2 Å². The fourth-order valence-electron chi connectivity index (χ4n) is 0.877. The topological polar surface area (TPSA) is 54.0 Å². The maximum atomic E-state index is 11.1. The number of nitrogens with zero attached hydrogens (tertiary/aromatic N) is 1. The number of carbonyl (C=O) groups excluding carboxylic acids is 1. The van der Waals surface area contributed by atoms with Gasteiger partial charge >= 0.3 is 0 Å². The van der Waals surface area contributed by atoms with Gasteiger partial charge in [-0.3, -0.25) is 9.78 Å². The molecule has 2 N–H and O–H groups in total. The molecule has 0 aliphatic heterocycles. The van der Waals surface area contributed by atoms with E-state index in [1.807, 2.05) is 0 Å². The quantitative estimate of drug-likeness (QED) is 0.675. The van der Waals surface area contributed by atoms with E-state index in [1.54, 1.807) is 29.1 Å². The van der Waals surface area contributed by atoms with Crippen LogP contribution in [-0.2, 0) is 11.3 Å². The Balaban J connectivity index is 2.09. The van der Waals surface area contributed by atoms with Crippen molar-refractivity contribution in [2.75, 3.05) is 13.1 Å². The Hall–Kier alpha value is -1.20. The SMILES string of the molecule is C=CCNC(=O)CNCc1cncs1. The van der Waals surface area contributed by atoms with Crippen molar-refractivity contribution in [2.45, 2.75) is 6.54 Å². The average molecular weight is 211 g/mol. The summed E-state index contributed by atoms with van der Waals surface area (Å²) in [5, 5.41) is 5.70. The molecule has 0 fully saturated rings. The highest BCUT2D eigenvalue weighted by Gasteiger charge is 1.99. The molecule has 1 rings (SSSR count). The Morgan fingerprint density at radius 1 is 1.71 bits per heavy atom. The van der Waals surface area contributed by atoms with Crippen LogP contribution in [0.15, 0.2) is 24.4 Å². The Morgan fingerprint density at radius 2 is 2.57 bits per heavy atom. The van der Waals surface area contributed by atoms with Crippen molar-refractivity contribution in [1.29, 1.82) is 0 Å². The Kier molecular flexibility index (Phi) is 4.88. The smallest absolute Gasteiger partial charge is 0.234 e. The number of thiazole rings is 1. The van der Waals surface area contributed by atoms with Gasteiger partial charge in [-0.2, -0.15) is 0 Å². The van der Waals surface area contributed by atoms with Crippen molar-refractivity contribution in [3.8, 4) is 0 Å². The monoisotopic (exact) mass is 211 g/mol. The zero-order chi connectivity index (χ0) is 10.2. The standard InChI is InChI=1S/C9H13N3OS/c1-2-3-12-9(13)6-10-4-8-5-11-7-14-8/h2,5,7,10H,1,3-4,6H2,(H,12,13). The van der Waals surface area contributed by atoms with Gasteiger partial charge in [-0.25, -0.2) is 0 Å². The van der Waals surface area contributed by atoms with Crippen LogP contribution in [-0.4, -0.2) is 24.0 Å². The van der Waals surface area contributed by atoms with E-state index in [4.69, 9.17) is 0 Å². The molecule has 0 saturated heterocycles. The summed E-state index contributed by atoms with van der Waals surface area (Å²) in [5.41, 5.74) is 1.77. The molecule has 1 heterocycles. The van der Waals surface area contributed by atoms with Crippen LogP contribution in [0.1, 0.15) is 4.88 Å². The van der Waals surface area contributed by atoms with Crippen LogP contribution >= 0.6 is 11.3 Å². The molecule has 0 aliphatic rings. The fourth-order valence-corrected chi connectivity index (χ4v) is 1.44. The molecular formula is C9H13N3OS. The minimum Gasteiger partial charge on any atom is -0.352 e. The highest BCUT2D eigenvalue weighted by Crippen LogP contribution is 2.03. The molecule has 1 amide bonds. The third-order valence-corrected chi connectivity index (χ3v) is 2.29. The zero-order valence-corrected chi connectivity index (χ0v) is 8.64. The lowest BCUT2D eigenvalue weighted by atomic mass is 10.5. The van der Waals surface area contributed by atoms with E-state index >= 15 is 0 Å². The maximum Gasteiger partial charge on any atom is 0.234 e. The molecular weight excluding hydrogens is 198 g/mol. The summed E-state index contributed by atoms with van der Waals surface area (Å²) in [6, 6.07) is 0. The molecule has 0 radical (unpaired) electrons. The van der Waals surface area contributed by atoms with Crippen LogP contribution in [0.4, 0.5) is 0 Å².